The van der Waals surface area contributed by atoms with Crippen molar-refractivity contribution in [1.29, 1.82) is 0 Å². The Bertz CT molecular complexity index is 709. The molecule has 0 spiro atoms. The van der Waals surface area contributed by atoms with Gasteiger partial charge >= 0.3 is 0 Å². The van der Waals surface area contributed by atoms with Gasteiger partial charge < -0.3 is 15.0 Å². The molecule has 0 radical (unpaired) electrons. The number of para-hydroxylation sites is 1. The van der Waals surface area contributed by atoms with Crippen LogP contribution in [0.25, 0.3) is 0 Å². The van der Waals surface area contributed by atoms with E-state index in [-0.39, 0.29) is 11.9 Å². The van der Waals surface area contributed by atoms with Crippen LogP contribution in [0.2, 0.25) is 0 Å². The third-order valence-corrected chi connectivity index (χ3v) is 6.63. The first-order chi connectivity index (χ1) is 14.2. The summed E-state index contributed by atoms with van der Waals surface area (Å²) in [6.45, 7) is 4.03. The number of fused-ring (bicyclic) bond motifs is 1. The summed E-state index contributed by atoms with van der Waals surface area (Å²) in [6.07, 6.45) is 7.80. The number of benzene rings is 1. The lowest BCUT2D eigenvalue weighted by molar-refractivity contribution is -0.133. The molecule has 6 heteroatoms. The molecule has 3 aliphatic rings. The number of hydrogen-bond acceptors (Lipinski definition) is 4. The minimum atomic E-state index is 0.0194. The zero-order chi connectivity index (χ0) is 20.1. The minimum absolute atomic E-state index is 0.0194. The van der Waals surface area contributed by atoms with Crippen molar-refractivity contribution >= 4 is 11.8 Å². The van der Waals surface area contributed by atoms with E-state index in [4.69, 9.17) is 4.74 Å². The number of carbonyl (C=O) groups is 2. The molecule has 29 heavy (non-hydrogen) atoms. The normalized spacial score (nSPS) is 22.8. The molecule has 0 bridgehead atoms. The summed E-state index contributed by atoms with van der Waals surface area (Å²) in [4.78, 5) is 29.2. The number of carbonyl (C=O) groups excluding carboxylic acids is 2. The largest absolute Gasteiger partial charge is 0.493 e. The first kappa shape index (κ1) is 20.2. The van der Waals surface area contributed by atoms with Crippen molar-refractivity contribution in [1.82, 2.24) is 15.1 Å². The average molecular weight is 400 g/mol. The van der Waals surface area contributed by atoms with E-state index in [0.29, 0.717) is 25.5 Å². The first-order valence-corrected chi connectivity index (χ1v) is 11.2. The van der Waals surface area contributed by atoms with Crippen LogP contribution in [0.5, 0.6) is 5.75 Å². The molecule has 1 aliphatic carbocycles. The highest BCUT2D eigenvalue weighted by atomic mass is 16.5. The Hall–Kier alpha value is -2.08. The number of nitrogens with zero attached hydrogens (tertiary/aromatic N) is 2. The molecule has 1 unspecified atom stereocenters. The van der Waals surface area contributed by atoms with Gasteiger partial charge in [-0.25, -0.2) is 0 Å². The van der Waals surface area contributed by atoms with Gasteiger partial charge in [0, 0.05) is 44.6 Å². The molecule has 2 aliphatic heterocycles. The van der Waals surface area contributed by atoms with Gasteiger partial charge in [0.15, 0.2) is 0 Å². The van der Waals surface area contributed by atoms with Gasteiger partial charge in [-0.15, -0.1) is 0 Å². The SMILES string of the molecule is O=C(CN1CCN(C(=O)CCC2CCCC2)CC1)NC1CCOc2ccccc21. The van der Waals surface area contributed by atoms with Crippen molar-refractivity contribution in [2.24, 2.45) is 5.92 Å². The molecule has 2 amide bonds. The summed E-state index contributed by atoms with van der Waals surface area (Å²) < 4.78 is 5.67. The first-order valence-electron chi connectivity index (χ1n) is 11.2. The van der Waals surface area contributed by atoms with Crippen LogP contribution in [-0.4, -0.2) is 60.9 Å². The summed E-state index contributed by atoms with van der Waals surface area (Å²) in [5.74, 6) is 1.97. The number of hydrogen-bond donors (Lipinski definition) is 1. The van der Waals surface area contributed by atoms with Crippen molar-refractivity contribution in [3.8, 4) is 5.75 Å². The van der Waals surface area contributed by atoms with Crippen LogP contribution in [0.1, 0.15) is 56.6 Å². The zero-order valence-corrected chi connectivity index (χ0v) is 17.3. The topological polar surface area (TPSA) is 61.9 Å². The second kappa shape index (κ2) is 9.61. The molecule has 1 saturated heterocycles. The van der Waals surface area contributed by atoms with Crippen LogP contribution >= 0.6 is 0 Å². The zero-order valence-electron chi connectivity index (χ0n) is 17.3. The van der Waals surface area contributed by atoms with E-state index in [1.807, 2.05) is 29.2 Å². The minimum Gasteiger partial charge on any atom is -0.493 e. The predicted molar refractivity (Wildman–Crippen MR) is 112 cm³/mol. The second-order valence-electron chi connectivity index (χ2n) is 8.64. The van der Waals surface area contributed by atoms with E-state index < -0.39 is 0 Å². The van der Waals surface area contributed by atoms with Gasteiger partial charge in [-0.05, 0) is 18.4 Å². The predicted octanol–water partition coefficient (Wildman–Crippen LogP) is 2.74. The average Bonchev–Trinajstić information content (AvgIpc) is 3.26. The highest BCUT2D eigenvalue weighted by Crippen LogP contribution is 2.31. The quantitative estimate of drug-likeness (QED) is 0.799. The lowest BCUT2D eigenvalue weighted by Crippen LogP contribution is -2.51. The molecule has 2 fully saturated rings. The van der Waals surface area contributed by atoms with Crippen molar-refractivity contribution < 1.29 is 14.3 Å². The Kier molecular flexibility index (Phi) is 6.70. The Morgan fingerprint density at radius 1 is 1.03 bits per heavy atom. The van der Waals surface area contributed by atoms with Crippen LogP contribution in [0.4, 0.5) is 0 Å². The lowest BCUT2D eigenvalue weighted by Gasteiger charge is -2.35. The molecule has 158 valence electrons. The van der Waals surface area contributed by atoms with Crippen LogP contribution in [0.15, 0.2) is 24.3 Å². The van der Waals surface area contributed by atoms with E-state index in [1.165, 1.54) is 25.7 Å². The Morgan fingerprint density at radius 3 is 2.59 bits per heavy atom. The van der Waals surface area contributed by atoms with Crippen LogP contribution in [-0.2, 0) is 9.59 Å². The van der Waals surface area contributed by atoms with Gasteiger partial charge in [-0.2, -0.15) is 0 Å². The van der Waals surface area contributed by atoms with Crippen molar-refractivity contribution in [2.45, 2.75) is 51.0 Å². The van der Waals surface area contributed by atoms with Crippen LogP contribution in [0.3, 0.4) is 0 Å². The fraction of sp³-hybridized carbons (Fsp3) is 0.652. The summed E-state index contributed by atoms with van der Waals surface area (Å²) >= 11 is 0. The van der Waals surface area contributed by atoms with Crippen molar-refractivity contribution in [3.05, 3.63) is 29.8 Å². The molecule has 1 aromatic carbocycles. The molecule has 1 saturated carbocycles. The summed E-state index contributed by atoms with van der Waals surface area (Å²) in [6, 6.07) is 7.94. The highest BCUT2D eigenvalue weighted by molar-refractivity contribution is 5.79. The third kappa shape index (κ3) is 5.30. The number of ether oxygens (including phenoxy) is 1. The molecule has 2 heterocycles. The van der Waals surface area contributed by atoms with Gasteiger partial charge in [-0.3, -0.25) is 14.5 Å². The van der Waals surface area contributed by atoms with Gasteiger partial charge in [0.25, 0.3) is 0 Å². The van der Waals surface area contributed by atoms with E-state index in [9.17, 15) is 9.59 Å². The molecule has 0 aromatic heterocycles. The summed E-state index contributed by atoms with van der Waals surface area (Å²) in [7, 11) is 0. The van der Waals surface area contributed by atoms with Crippen molar-refractivity contribution in [2.75, 3.05) is 39.3 Å². The summed E-state index contributed by atoms with van der Waals surface area (Å²) in [5.41, 5.74) is 1.06. The van der Waals surface area contributed by atoms with E-state index >= 15 is 0 Å². The number of amides is 2. The van der Waals surface area contributed by atoms with Crippen LogP contribution in [0, 0.1) is 5.92 Å². The fourth-order valence-electron chi connectivity index (χ4n) is 4.88. The fourth-order valence-corrected chi connectivity index (χ4v) is 4.88. The third-order valence-electron chi connectivity index (χ3n) is 6.63. The second-order valence-corrected chi connectivity index (χ2v) is 8.64. The molecule has 4 rings (SSSR count). The Labute approximate surface area is 173 Å². The van der Waals surface area contributed by atoms with Gasteiger partial charge in [0.1, 0.15) is 5.75 Å². The smallest absolute Gasteiger partial charge is 0.234 e. The standard InChI is InChI=1S/C23H33N3O3/c27-22(24-20-11-16-29-21-8-4-3-7-19(20)21)17-25-12-14-26(15-13-25)23(28)10-9-18-5-1-2-6-18/h3-4,7-8,18,20H,1-2,5-6,9-17H2,(H,24,27). The Balaban J connectivity index is 1.19. The number of nitrogens with one attached hydrogen (secondary N) is 1. The van der Waals surface area contributed by atoms with E-state index in [1.54, 1.807) is 0 Å². The maximum Gasteiger partial charge on any atom is 0.234 e. The monoisotopic (exact) mass is 399 g/mol. The van der Waals surface area contributed by atoms with Gasteiger partial charge in [-0.1, -0.05) is 43.9 Å². The van der Waals surface area contributed by atoms with Crippen molar-refractivity contribution in [3.63, 3.8) is 0 Å². The van der Waals surface area contributed by atoms with Crippen LogP contribution < -0.4 is 10.1 Å². The summed E-state index contributed by atoms with van der Waals surface area (Å²) in [5, 5.41) is 3.17. The van der Waals surface area contributed by atoms with Gasteiger partial charge in [0.2, 0.25) is 11.8 Å². The van der Waals surface area contributed by atoms with E-state index in [0.717, 1.165) is 56.3 Å². The molecule has 6 nitrogen and oxygen atoms in total. The number of piperazine rings is 1. The maximum atomic E-state index is 12.6. The molecule has 1 atom stereocenters. The lowest BCUT2D eigenvalue weighted by atomic mass is 10.0. The Morgan fingerprint density at radius 2 is 1.79 bits per heavy atom. The molecular weight excluding hydrogens is 366 g/mol. The van der Waals surface area contributed by atoms with E-state index in [2.05, 4.69) is 10.2 Å². The van der Waals surface area contributed by atoms with Gasteiger partial charge in [0.05, 0.1) is 19.2 Å². The molecule has 1 aromatic rings. The maximum absolute atomic E-state index is 12.6. The molecular formula is C23H33N3O3. The number of rotatable bonds is 6. The molecule has 1 N–H and O–H groups in total. The highest BCUT2D eigenvalue weighted by Gasteiger charge is 2.26.